The highest BCUT2D eigenvalue weighted by Crippen LogP contribution is 2.25. The van der Waals surface area contributed by atoms with Crippen LogP contribution in [-0.2, 0) is 0 Å². The molecular formula is C16H23ClO. The third-order valence-electron chi connectivity index (χ3n) is 3.54. The minimum Gasteiger partial charge on any atom is -0.294 e. The van der Waals surface area contributed by atoms with E-state index < -0.39 is 0 Å². The summed E-state index contributed by atoms with van der Waals surface area (Å²) >= 11 is 6.08. The van der Waals surface area contributed by atoms with Gasteiger partial charge in [0.2, 0.25) is 0 Å². The summed E-state index contributed by atoms with van der Waals surface area (Å²) in [5.41, 5.74) is 2.82. The monoisotopic (exact) mass is 266 g/mol. The van der Waals surface area contributed by atoms with Crippen molar-refractivity contribution in [3.63, 3.8) is 0 Å². The number of Topliss-reactive ketones (excluding diaryl/α,β-unsaturated/α-hetero) is 1. The van der Waals surface area contributed by atoms with E-state index in [1.54, 1.807) is 0 Å². The highest BCUT2D eigenvalue weighted by Gasteiger charge is 2.20. The molecule has 1 nitrogen and oxygen atoms in total. The highest BCUT2D eigenvalue weighted by atomic mass is 35.5. The van der Waals surface area contributed by atoms with Crippen molar-refractivity contribution in [2.45, 2.75) is 53.4 Å². The Bertz CT molecular complexity index is 423. The van der Waals surface area contributed by atoms with Gasteiger partial charge in [0.05, 0.1) is 0 Å². The molecule has 0 bridgehead atoms. The average molecular weight is 267 g/mol. The molecule has 0 saturated carbocycles. The largest absolute Gasteiger partial charge is 0.294 e. The second kappa shape index (κ2) is 6.94. The fraction of sp³-hybridized carbons (Fsp3) is 0.562. The molecule has 18 heavy (non-hydrogen) atoms. The predicted octanol–water partition coefficient (Wildman–Crippen LogP) is 5.36. The molecule has 0 aromatic heterocycles. The van der Waals surface area contributed by atoms with E-state index in [9.17, 15) is 4.79 Å². The van der Waals surface area contributed by atoms with Crippen molar-refractivity contribution in [1.29, 1.82) is 0 Å². The van der Waals surface area contributed by atoms with Crippen molar-refractivity contribution in [3.8, 4) is 0 Å². The molecule has 1 unspecified atom stereocenters. The maximum atomic E-state index is 12.5. The zero-order chi connectivity index (χ0) is 13.7. The first-order chi connectivity index (χ1) is 8.51. The number of hydrogen-bond donors (Lipinski definition) is 0. The van der Waals surface area contributed by atoms with Crippen LogP contribution in [0.3, 0.4) is 0 Å². The van der Waals surface area contributed by atoms with Gasteiger partial charge in [0.15, 0.2) is 5.78 Å². The van der Waals surface area contributed by atoms with Crippen LogP contribution in [-0.4, -0.2) is 5.78 Å². The first-order valence-corrected chi connectivity index (χ1v) is 7.20. The Balaban J connectivity index is 2.98. The van der Waals surface area contributed by atoms with Crippen molar-refractivity contribution in [2.24, 2.45) is 5.92 Å². The van der Waals surface area contributed by atoms with Crippen molar-refractivity contribution < 1.29 is 4.79 Å². The summed E-state index contributed by atoms with van der Waals surface area (Å²) in [6, 6.07) is 3.84. The van der Waals surface area contributed by atoms with Crippen LogP contribution in [0.5, 0.6) is 0 Å². The normalized spacial score (nSPS) is 12.5. The van der Waals surface area contributed by atoms with Crippen LogP contribution in [0.15, 0.2) is 12.1 Å². The number of rotatable bonds is 6. The van der Waals surface area contributed by atoms with Crippen LogP contribution >= 0.6 is 11.6 Å². The van der Waals surface area contributed by atoms with Gasteiger partial charge in [-0.1, -0.05) is 38.3 Å². The van der Waals surface area contributed by atoms with Crippen molar-refractivity contribution >= 4 is 17.4 Å². The van der Waals surface area contributed by atoms with Gasteiger partial charge in [-0.2, -0.15) is 0 Å². The van der Waals surface area contributed by atoms with E-state index in [1.165, 1.54) is 0 Å². The minimum absolute atomic E-state index is 0.157. The smallest absolute Gasteiger partial charge is 0.166 e. The number of hydrogen-bond acceptors (Lipinski definition) is 1. The summed E-state index contributed by atoms with van der Waals surface area (Å²) in [4.78, 5) is 12.5. The number of halogens is 1. The Morgan fingerprint density at radius 1 is 1.22 bits per heavy atom. The summed E-state index contributed by atoms with van der Waals surface area (Å²) < 4.78 is 0. The Labute approximate surface area is 116 Å². The summed E-state index contributed by atoms with van der Waals surface area (Å²) in [6.45, 7) is 8.17. The van der Waals surface area contributed by atoms with Crippen molar-refractivity contribution in [2.75, 3.05) is 0 Å². The van der Waals surface area contributed by atoms with Gasteiger partial charge in [0.1, 0.15) is 0 Å². The minimum atomic E-state index is 0.157. The van der Waals surface area contributed by atoms with E-state index in [4.69, 9.17) is 11.6 Å². The number of aryl methyl sites for hydroxylation is 2. The SMILES string of the molecule is CCCCC(CC)C(=O)c1cc(C)c(Cl)cc1C. The molecule has 0 spiro atoms. The Kier molecular flexibility index (Phi) is 5.87. The van der Waals surface area contributed by atoms with Gasteiger partial charge < -0.3 is 0 Å². The van der Waals surface area contributed by atoms with Gasteiger partial charge in [-0.05, 0) is 49.9 Å². The second-order valence-electron chi connectivity index (χ2n) is 5.03. The lowest BCUT2D eigenvalue weighted by Gasteiger charge is -2.15. The second-order valence-corrected chi connectivity index (χ2v) is 5.44. The lowest BCUT2D eigenvalue weighted by atomic mass is 9.88. The quantitative estimate of drug-likeness (QED) is 0.634. The molecule has 100 valence electrons. The van der Waals surface area contributed by atoms with Crippen LogP contribution < -0.4 is 0 Å². The molecule has 1 atom stereocenters. The van der Waals surface area contributed by atoms with Crippen molar-refractivity contribution in [3.05, 3.63) is 33.8 Å². The third-order valence-corrected chi connectivity index (χ3v) is 3.95. The number of carbonyl (C=O) groups is 1. The molecule has 1 rings (SSSR count). The van der Waals surface area contributed by atoms with E-state index in [2.05, 4.69) is 13.8 Å². The molecule has 0 aliphatic rings. The average Bonchev–Trinajstić information content (AvgIpc) is 2.34. The van der Waals surface area contributed by atoms with Gasteiger partial charge in [0, 0.05) is 16.5 Å². The topological polar surface area (TPSA) is 17.1 Å². The van der Waals surface area contributed by atoms with Crippen LogP contribution in [0.25, 0.3) is 0 Å². The third kappa shape index (κ3) is 3.58. The van der Waals surface area contributed by atoms with E-state index in [0.29, 0.717) is 0 Å². The number of ketones is 1. The van der Waals surface area contributed by atoms with E-state index in [-0.39, 0.29) is 11.7 Å². The maximum Gasteiger partial charge on any atom is 0.166 e. The number of benzene rings is 1. The molecule has 0 aliphatic carbocycles. The van der Waals surface area contributed by atoms with E-state index in [0.717, 1.165) is 47.4 Å². The summed E-state index contributed by atoms with van der Waals surface area (Å²) in [5.74, 6) is 0.437. The molecule has 1 aromatic rings. The lowest BCUT2D eigenvalue weighted by Crippen LogP contribution is -2.15. The van der Waals surface area contributed by atoms with Gasteiger partial charge in [-0.25, -0.2) is 0 Å². The van der Waals surface area contributed by atoms with E-state index in [1.807, 2.05) is 26.0 Å². The van der Waals surface area contributed by atoms with Crippen molar-refractivity contribution in [1.82, 2.24) is 0 Å². The van der Waals surface area contributed by atoms with Crippen LogP contribution in [0.2, 0.25) is 5.02 Å². The fourth-order valence-corrected chi connectivity index (χ4v) is 2.46. The first-order valence-electron chi connectivity index (χ1n) is 6.82. The predicted molar refractivity (Wildman–Crippen MR) is 78.6 cm³/mol. The van der Waals surface area contributed by atoms with Crippen LogP contribution in [0.4, 0.5) is 0 Å². The Morgan fingerprint density at radius 3 is 2.44 bits per heavy atom. The molecular weight excluding hydrogens is 244 g/mol. The molecule has 2 heteroatoms. The van der Waals surface area contributed by atoms with Gasteiger partial charge >= 0.3 is 0 Å². The maximum absolute atomic E-state index is 12.5. The standard InChI is InChI=1S/C16H23ClO/c1-5-7-8-13(6-2)16(18)14-9-12(4)15(17)10-11(14)3/h9-10,13H,5-8H2,1-4H3. The molecule has 0 amide bonds. The fourth-order valence-electron chi connectivity index (χ4n) is 2.24. The number of carbonyl (C=O) groups excluding carboxylic acids is 1. The van der Waals surface area contributed by atoms with Crippen LogP contribution in [0.1, 0.15) is 61.0 Å². The molecule has 0 aliphatic heterocycles. The molecule has 0 heterocycles. The Hall–Kier alpha value is -0.820. The van der Waals surface area contributed by atoms with Gasteiger partial charge in [0.25, 0.3) is 0 Å². The summed E-state index contributed by atoms with van der Waals surface area (Å²) in [7, 11) is 0. The molecule has 0 radical (unpaired) electrons. The van der Waals surface area contributed by atoms with E-state index >= 15 is 0 Å². The molecule has 0 N–H and O–H groups in total. The van der Waals surface area contributed by atoms with Gasteiger partial charge in [-0.3, -0.25) is 4.79 Å². The van der Waals surface area contributed by atoms with Gasteiger partial charge in [-0.15, -0.1) is 0 Å². The number of unbranched alkanes of at least 4 members (excludes halogenated alkanes) is 1. The lowest BCUT2D eigenvalue weighted by molar-refractivity contribution is 0.0907. The summed E-state index contributed by atoms with van der Waals surface area (Å²) in [5, 5.41) is 0.741. The highest BCUT2D eigenvalue weighted by molar-refractivity contribution is 6.31. The molecule has 1 aromatic carbocycles. The zero-order valence-corrected chi connectivity index (χ0v) is 12.6. The van der Waals surface area contributed by atoms with Crippen LogP contribution in [0, 0.1) is 19.8 Å². The molecule has 0 fully saturated rings. The molecule has 0 saturated heterocycles. The summed E-state index contributed by atoms with van der Waals surface area (Å²) in [6.07, 6.45) is 4.17. The Morgan fingerprint density at radius 2 is 1.89 bits per heavy atom. The first kappa shape index (κ1) is 15.2. The zero-order valence-electron chi connectivity index (χ0n) is 11.8.